The second-order valence-electron chi connectivity index (χ2n) is 5.13. The summed E-state index contributed by atoms with van der Waals surface area (Å²) >= 11 is 1.70. The molecule has 2 heterocycles. The van der Waals surface area contributed by atoms with Crippen LogP contribution in [-0.2, 0) is 19.4 Å². The summed E-state index contributed by atoms with van der Waals surface area (Å²) in [4.78, 5) is 19.2. The van der Waals surface area contributed by atoms with E-state index in [9.17, 15) is 4.79 Å². The summed E-state index contributed by atoms with van der Waals surface area (Å²) in [6.07, 6.45) is 5.07. The summed E-state index contributed by atoms with van der Waals surface area (Å²) in [5, 5.41) is 0.894. The van der Waals surface area contributed by atoms with E-state index < -0.39 is 0 Å². The summed E-state index contributed by atoms with van der Waals surface area (Å²) in [6.45, 7) is 5.00. The van der Waals surface area contributed by atoms with Crippen LogP contribution in [0.15, 0.2) is 11.1 Å². The molecule has 0 unspecified atom stereocenters. The highest BCUT2D eigenvalue weighted by Crippen LogP contribution is 2.34. The molecule has 0 fully saturated rings. The Bertz CT molecular complexity index is 624. The van der Waals surface area contributed by atoms with Gasteiger partial charge in [-0.1, -0.05) is 13.8 Å². The molecule has 90 valence electrons. The molecule has 0 aromatic carbocycles. The van der Waals surface area contributed by atoms with Gasteiger partial charge >= 0.3 is 0 Å². The zero-order chi connectivity index (χ0) is 12.0. The predicted molar refractivity (Wildman–Crippen MR) is 70.7 cm³/mol. The molecule has 0 radical (unpaired) electrons. The molecule has 1 aliphatic carbocycles. The Morgan fingerprint density at radius 2 is 2.29 bits per heavy atom. The monoisotopic (exact) mass is 248 g/mol. The van der Waals surface area contributed by atoms with E-state index in [4.69, 9.17) is 0 Å². The van der Waals surface area contributed by atoms with E-state index in [1.165, 1.54) is 16.9 Å². The van der Waals surface area contributed by atoms with E-state index in [2.05, 4.69) is 18.8 Å². The van der Waals surface area contributed by atoms with Crippen LogP contribution < -0.4 is 5.56 Å². The molecule has 2 aromatic heterocycles. The quantitative estimate of drug-likeness (QED) is 0.819. The first-order valence-electron chi connectivity index (χ1n) is 6.16. The predicted octanol–water partition coefficient (Wildman–Crippen LogP) is 2.60. The van der Waals surface area contributed by atoms with Crippen LogP contribution in [0.1, 0.15) is 30.7 Å². The van der Waals surface area contributed by atoms with Gasteiger partial charge < -0.3 is 0 Å². The number of hydrogen-bond donors (Lipinski definition) is 0. The van der Waals surface area contributed by atoms with E-state index in [0.29, 0.717) is 5.92 Å². The first-order valence-corrected chi connectivity index (χ1v) is 6.98. The second kappa shape index (κ2) is 3.95. The molecule has 0 spiro atoms. The number of aromatic nitrogens is 2. The SMILES string of the molecule is CC(C)Cn1cnc2sc3c(c2c1=O)CCC3. The topological polar surface area (TPSA) is 34.9 Å². The van der Waals surface area contributed by atoms with E-state index >= 15 is 0 Å². The van der Waals surface area contributed by atoms with Crippen molar-refractivity contribution in [3.8, 4) is 0 Å². The van der Waals surface area contributed by atoms with Gasteiger partial charge in [-0.3, -0.25) is 9.36 Å². The van der Waals surface area contributed by atoms with Gasteiger partial charge in [0.05, 0.1) is 11.7 Å². The Labute approximate surface area is 104 Å². The molecular formula is C13H16N2OS. The Kier molecular flexibility index (Phi) is 2.54. The van der Waals surface area contributed by atoms with Crippen LogP contribution in [0.4, 0.5) is 0 Å². The van der Waals surface area contributed by atoms with Crippen molar-refractivity contribution in [1.82, 2.24) is 9.55 Å². The lowest BCUT2D eigenvalue weighted by molar-refractivity contribution is 0.508. The number of hydrogen-bond acceptors (Lipinski definition) is 3. The lowest BCUT2D eigenvalue weighted by Gasteiger charge is -2.07. The van der Waals surface area contributed by atoms with Crippen LogP contribution in [-0.4, -0.2) is 9.55 Å². The normalized spacial score (nSPS) is 14.8. The number of rotatable bonds is 2. The third kappa shape index (κ3) is 1.71. The zero-order valence-electron chi connectivity index (χ0n) is 10.2. The average molecular weight is 248 g/mol. The van der Waals surface area contributed by atoms with Crippen molar-refractivity contribution in [2.45, 2.75) is 39.7 Å². The van der Waals surface area contributed by atoms with Crippen molar-refractivity contribution in [3.05, 3.63) is 27.1 Å². The molecule has 0 saturated carbocycles. The van der Waals surface area contributed by atoms with Gasteiger partial charge in [0.15, 0.2) is 0 Å². The van der Waals surface area contributed by atoms with E-state index in [0.717, 1.165) is 29.6 Å². The summed E-state index contributed by atoms with van der Waals surface area (Å²) < 4.78 is 1.76. The van der Waals surface area contributed by atoms with Crippen molar-refractivity contribution in [3.63, 3.8) is 0 Å². The number of fused-ring (bicyclic) bond motifs is 3. The number of nitrogens with zero attached hydrogens (tertiary/aromatic N) is 2. The van der Waals surface area contributed by atoms with Gasteiger partial charge in [-0.25, -0.2) is 4.98 Å². The summed E-state index contributed by atoms with van der Waals surface area (Å²) in [6, 6.07) is 0. The van der Waals surface area contributed by atoms with E-state index in [-0.39, 0.29) is 5.56 Å². The Morgan fingerprint density at radius 3 is 3.06 bits per heavy atom. The Balaban J connectivity index is 2.23. The first-order chi connectivity index (χ1) is 8.16. The molecule has 0 aliphatic heterocycles. The van der Waals surface area contributed by atoms with Gasteiger partial charge in [0.2, 0.25) is 0 Å². The third-order valence-electron chi connectivity index (χ3n) is 3.25. The maximum absolute atomic E-state index is 12.4. The van der Waals surface area contributed by atoms with Crippen LogP contribution in [0.2, 0.25) is 0 Å². The van der Waals surface area contributed by atoms with Gasteiger partial charge in [-0.2, -0.15) is 0 Å². The lowest BCUT2D eigenvalue weighted by Crippen LogP contribution is -2.22. The zero-order valence-corrected chi connectivity index (χ0v) is 11.0. The maximum atomic E-state index is 12.4. The first kappa shape index (κ1) is 11.0. The molecule has 0 saturated heterocycles. The fourth-order valence-electron chi connectivity index (χ4n) is 2.54. The van der Waals surface area contributed by atoms with E-state index in [1.807, 2.05) is 0 Å². The van der Waals surface area contributed by atoms with Crippen LogP contribution in [0.5, 0.6) is 0 Å². The highest BCUT2D eigenvalue weighted by atomic mass is 32.1. The molecule has 0 N–H and O–H groups in total. The standard InChI is InChI=1S/C13H16N2OS/c1-8(2)6-15-7-14-12-11(13(15)16)9-4-3-5-10(9)17-12/h7-8H,3-6H2,1-2H3. The molecular weight excluding hydrogens is 232 g/mol. The third-order valence-corrected chi connectivity index (χ3v) is 4.45. The minimum atomic E-state index is 0.156. The van der Waals surface area contributed by atoms with Crippen LogP contribution in [0.3, 0.4) is 0 Å². The van der Waals surface area contributed by atoms with Crippen molar-refractivity contribution >= 4 is 21.6 Å². The van der Waals surface area contributed by atoms with Crippen molar-refractivity contribution < 1.29 is 0 Å². The Hall–Kier alpha value is -1.16. The lowest BCUT2D eigenvalue weighted by atomic mass is 10.2. The average Bonchev–Trinajstić information content (AvgIpc) is 2.80. The highest BCUT2D eigenvalue weighted by Gasteiger charge is 2.21. The minimum absolute atomic E-state index is 0.156. The van der Waals surface area contributed by atoms with Crippen LogP contribution in [0.25, 0.3) is 10.2 Å². The molecule has 0 atom stereocenters. The molecule has 3 rings (SSSR count). The van der Waals surface area contributed by atoms with E-state index in [1.54, 1.807) is 22.2 Å². The summed E-state index contributed by atoms with van der Waals surface area (Å²) in [7, 11) is 0. The van der Waals surface area contributed by atoms with Crippen LogP contribution >= 0.6 is 11.3 Å². The summed E-state index contributed by atoms with van der Waals surface area (Å²) in [5.74, 6) is 0.471. The number of aryl methyl sites for hydroxylation is 2. The van der Waals surface area contributed by atoms with Crippen molar-refractivity contribution in [2.75, 3.05) is 0 Å². The highest BCUT2D eigenvalue weighted by molar-refractivity contribution is 7.18. The molecule has 3 nitrogen and oxygen atoms in total. The minimum Gasteiger partial charge on any atom is -0.298 e. The molecule has 4 heteroatoms. The number of thiophene rings is 1. The van der Waals surface area contributed by atoms with Gasteiger partial charge in [-0.15, -0.1) is 11.3 Å². The summed E-state index contributed by atoms with van der Waals surface area (Å²) in [5.41, 5.74) is 1.43. The molecule has 17 heavy (non-hydrogen) atoms. The Morgan fingerprint density at radius 1 is 1.47 bits per heavy atom. The second-order valence-corrected chi connectivity index (χ2v) is 6.22. The fourth-order valence-corrected chi connectivity index (χ4v) is 3.76. The van der Waals surface area contributed by atoms with Gasteiger partial charge in [0.1, 0.15) is 4.83 Å². The maximum Gasteiger partial charge on any atom is 0.262 e. The largest absolute Gasteiger partial charge is 0.298 e. The van der Waals surface area contributed by atoms with Gasteiger partial charge in [-0.05, 0) is 30.7 Å². The van der Waals surface area contributed by atoms with Gasteiger partial charge in [0, 0.05) is 11.4 Å². The van der Waals surface area contributed by atoms with Crippen LogP contribution in [0, 0.1) is 5.92 Å². The molecule has 0 amide bonds. The molecule has 0 bridgehead atoms. The van der Waals surface area contributed by atoms with Crippen molar-refractivity contribution in [1.29, 1.82) is 0 Å². The fraction of sp³-hybridized carbons (Fsp3) is 0.538. The van der Waals surface area contributed by atoms with Crippen molar-refractivity contribution in [2.24, 2.45) is 5.92 Å². The molecule has 2 aromatic rings. The smallest absolute Gasteiger partial charge is 0.262 e. The molecule has 1 aliphatic rings. The van der Waals surface area contributed by atoms with Gasteiger partial charge in [0.25, 0.3) is 5.56 Å².